The Morgan fingerprint density at radius 2 is 1.74 bits per heavy atom. The average molecular weight is 475 g/mol. The molecule has 0 saturated carbocycles. The number of hydrogen-bond donors (Lipinski definition) is 1. The van der Waals surface area contributed by atoms with E-state index in [-0.39, 0.29) is 5.69 Å². The summed E-state index contributed by atoms with van der Waals surface area (Å²) in [4.78, 5) is 33.0. The molecule has 5 rings (SSSR count). The normalized spacial score (nSPS) is 13.7. The molecule has 2 heterocycles. The Hall–Kier alpha value is -3.68. The van der Waals surface area contributed by atoms with Gasteiger partial charge < -0.3 is 19.5 Å². The van der Waals surface area contributed by atoms with Crippen LogP contribution in [-0.2, 0) is 11.3 Å². The molecule has 4 aromatic rings. The van der Waals surface area contributed by atoms with Gasteiger partial charge in [-0.25, -0.2) is 4.98 Å². The number of anilines is 2. The summed E-state index contributed by atoms with van der Waals surface area (Å²) in [6.07, 6.45) is 0. The van der Waals surface area contributed by atoms with Gasteiger partial charge in [0.25, 0.3) is 11.5 Å². The largest absolute Gasteiger partial charge is 0.378 e. The van der Waals surface area contributed by atoms with Crippen LogP contribution >= 0.6 is 11.6 Å². The van der Waals surface area contributed by atoms with Gasteiger partial charge in [0.2, 0.25) is 0 Å². The lowest BCUT2D eigenvalue weighted by atomic mass is 10.2. The van der Waals surface area contributed by atoms with Gasteiger partial charge in [-0.3, -0.25) is 9.59 Å². The van der Waals surface area contributed by atoms with Crippen molar-refractivity contribution in [1.29, 1.82) is 0 Å². The molecule has 1 aliphatic heterocycles. The van der Waals surface area contributed by atoms with Crippen LogP contribution in [0.25, 0.3) is 11.0 Å². The Morgan fingerprint density at radius 1 is 1.00 bits per heavy atom. The number of nitrogens with one attached hydrogen (secondary N) is 1. The molecule has 0 atom stereocenters. The van der Waals surface area contributed by atoms with Crippen LogP contribution in [0.1, 0.15) is 16.1 Å². The van der Waals surface area contributed by atoms with Crippen molar-refractivity contribution in [2.24, 2.45) is 0 Å². The highest BCUT2D eigenvalue weighted by Crippen LogP contribution is 2.29. The van der Waals surface area contributed by atoms with Gasteiger partial charge in [-0.05, 0) is 35.9 Å². The van der Waals surface area contributed by atoms with E-state index in [4.69, 9.17) is 16.3 Å². The Balaban J connectivity index is 1.46. The summed E-state index contributed by atoms with van der Waals surface area (Å²) in [5.74, 6) is -0.576. The molecule has 34 heavy (non-hydrogen) atoms. The van der Waals surface area contributed by atoms with Crippen LogP contribution in [0.3, 0.4) is 0 Å². The van der Waals surface area contributed by atoms with Crippen LogP contribution in [0.2, 0.25) is 5.02 Å². The van der Waals surface area contributed by atoms with Crippen molar-refractivity contribution in [3.05, 3.63) is 99.4 Å². The fourth-order valence-electron chi connectivity index (χ4n) is 4.10. The van der Waals surface area contributed by atoms with E-state index in [2.05, 4.69) is 15.2 Å². The molecule has 1 amide bonds. The summed E-state index contributed by atoms with van der Waals surface area (Å²) in [6, 6.07) is 22.3. The highest BCUT2D eigenvalue weighted by atomic mass is 35.5. The standard InChI is InChI=1S/C26H23ClN4O3/c27-20-16-19(10-11-22(20)30-12-14-34-15-13-30)28-25(32)24-26(33)31(17-18-6-2-1-3-7-18)23-9-5-4-8-21(23)29-24/h1-11,16H,12-15,17H2,(H,28,32). The minimum absolute atomic E-state index is 0.164. The zero-order chi connectivity index (χ0) is 23.5. The molecule has 0 radical (unpaired) electrons. The summed E-state index contributed by atoms with van der Waals surface area (Å²) in [5, 5.41) is 3.30. The smallest absolute Gasteiger partial charge is 0.283 e. The number of fused-ring (bicyclic) bond motifs is 1. The zero-order valence-electron chi connectivity index (χ0n) is 18.4. The molecule has 1 aromatic heterocycles. The van der Waals surface area contributed by atoms with Crippen molar-refractivity contribution in [1.82, 2.24) is 9.55 Å². The van der Waals surface area contributed by atoms with Gasteiger partial charge in [0.05, 0.1) is 41.5 Å². The maximum Gasteiger partial charge on any atom is 0.283 e. The van der Waals surface area contributed by atoms with Crippen molar-refractivity contribution in [3.8, 4) is 0 Å². The molecule has 1 saturated heterocycles. The fraction of sp³-hybridized carbons (Fsp3) is 0.192. The van der Waals surface area contributed by atoms with Gasteiger partial charge in [0, 0.05) is 18.8 Å². The number of nitrogens with zero attached hydrogens (tertiary/aromatic N) is 3. The first-order chi connectivity index (χ1) is 16.6. The van der Waals surface area contributed by atoms with Gasteiger partial charge in [0.15, 0.2) is 5.69 Å². The highest BCUT2D eigenvalue weighted by Gasteiger charge is 2.19. The van der Waals surface area contributed by atoms with E-state index < -0.39 is 11.5 Å². The molecule has 7 nitrogen and oxygen atoms in total. The maximum atomic E-state index is 13.3. The molecule has 172 valence electrons. The van der Waals surface area contributed by atoms with E-state index in [1.165, 1.54) is 0 Å². The molecule has 0 spiro atoms. The number of carbonyl (C=O) groups excluding carboxylic acids is 1. The molecule has 0 unspecified atom stereocenters. The van der Waals surface area contributed by atoms with E-state index >= 15 is 0 Å². The predicted molar refractivity (Wildman–Crippen MR) is 134 cm³/mol. The Kier molecular flexibility index (Phi) is 6.29. The number of aromatic nitrogens is 2. The van der Waals surface area contributed by atoms with Crippen molar-refractivity contribution in [2.45, 2.75) is 6.54 Å². The number of morpholine rings is 1. The van der Waals surface area contributed by atoms with Gasteiger partial charge >= 0.3 is 0 Å². The number of halogens is 1. The number of benzene rings is 3. The lowest BCUT2D eigenvalue weighted by Gasteiger charge is -2.29. The monoisotopic (exact) mass is 474 g/mol. The summed E-state index contributed by atoms with van der Waals surface area (Å²) >= 11 is 6.50. The molecule has 1 fully saturated rings. The van der Waals surface area contributed by atoms with Crippen molar-refractivity contribution < 1.29 is 9.53 Å². The number of ether oxygens (including phenoxy) is 1. The molecular weight excluding hydrogens is 452 g/mol. The third-order valence-corrected chi connectivity index (χ3v) is 6.11. The third kappa shape index (κ3) is 4.53. The number of amides is 1. The second-order valence-electron chi connectivity index (χ2n) is 8.05. The van der Waals surface area contributed by atoms with Crippen LogP contribution in [0, 0.1) is 0 Å². The first kappa shape index (κ1) is 22.1. The highest BCUT2D eigenvalue weighted by molar-refractivity contribution is 6.33. The third-order valence-electron chi connectivity index (χ3n) is 5.81. The summed E-state index contributed by atoms with van der Waals surface area (Å²) < 4.78 is 6.98. The fourth-order valence-corrected chi connectivity index (χ4v) is 4.40. The minimum Gasteiger partial charge on any atom is -0.378 e. The van der Waals surface area contributed by atoms with Crippen molar-refractivity contribution in [2.75, 3.05) is 36.5 Å². The molecule has 0 aliphatic carbocycles. The average Bonchev–Trinajstić information content (AvgIpc) is 2.87. The lowest BCUT2D eigenvalue weighted by molar-refractivity contribution is 0.102. The predicted octanol–water partition coefficient (Wildman–Crippen LogP) is 4.19. The number of para-hydroxylation sites is 2. The number of hydrogen-bond acceptors (Lipinski definition) is 5. The molecule has 0 bridgehead atoms. The van der Waals surface area contributed by atoms with Crippen LogP contribution in [0.4, 0.5) is 11.4 Å². The van der Waals surface area contributed by atoms with Gasteiger partial charge in [-0.1, -0.05) is 54.1 Å². The van der Waals surface area contributed by atoms with Gasteiger partial charge in [-0.15, -0.1) is 0 Å². The van der Waals surface area contributed by atoms with E-state index in [0.29, 0.717) is 41.5 Å². The van der Waals surface area contributed by atoms with Crippen LogP contribution in [-0.4, -0.2) is 41.8 Å². The summed E-state index contributed by atoms with van der Waals surface area (Å²) in [5.41, 5.74) is 2.97. The Labute approximate surface area is 201 Å². The SMILES string of the molecule is O=C(Nc1ccc(N2CCOCC2)c(Cl)c1)c1nc2ccccc2n(Cc2ccccc2)c1=O. The van der Waals surface area contributed by atoms with E-state index in [0.717, 1.165) is 24.3 Å². The first-order valence-electron chi connectivity index (χ1n) is 11.1. The quantitative estimate of drug-likeness (QED) is 0.469. The molecule has 8 heteroatoms. The van der Waals surface area contributed by atoms with E-state index in [1.807, 2.05) is 54.6 Å². The first-order valence-corrected chi connectivity index (χ1v) is 11.4. The van der Waals surface area contributed by atoms with Gasteiger partial charge in [-0.2, -0.15) is 0 Å². The zero-order valence-corrected chi connectivity index (χ0v) is 19.2. The number of rotatable bonds is 5. The summed E-state index contributed by atoms with van der Waals surface area (Å²) in [6.45, 7) is 3.15. The lowest BCUT2D eigenvalue weighted by Crippen LogP contribution is -2.36. The van der Waals surface area contributed by atoms with Gasteiger partial charge in [0.1, 0.15) is 0 Å². The van der Waals surface area contributed by atoms with Crippen LogP contribution < -0.4 is 15.8 Å². The topological polar surface area (TPSA) is 76.5 Å². The summed E-state index contributed by atoms with van der Waals surface area (Å²) in [7, 11) is 0. The number of carbonyl (C=O) groups is 1. The van der Waals surface area contributed by atoms with Crippen LogP contribution in [0.5, 0.6) is 0 Å². The Bertz CT molecular complexity index is 1400. The minimum atomic E-state index is -0.576. The molecular formula is C26H23ClN4O3. The van der Waals surface area contributed by atoms with Crippen LogP contribution in [0.15, 0.2) is 77.6 Å². The van der Waals surface area contributed by atoms with E-state index in [9.17, 15) is 9.59 Å². The van der Waals surface area contributed by atoms with E-state index in [1.54, 1.807) is 22.8 Å². The molecule has 3 aromatic carbocycles. The maximum absolute atomic E-state index is 13.3. The van der Waals surface area contributed by atoms with Crippen molar-refractivity contribution >= 4 is 39.9 Å². The van der Waals surface area contributed by atoms with Crippen molar-refractivity contribution in [3.63, 3.8) is 0 Å². The molecule has 1 N–H and O–H groups in total. The second-order valence-corrected chi connectivity index (χ2v) is 8.45. The Morgan fingerprint density at radius 3 is 2.50 bits per heavy atom. The second kappa shape index (κ2) is 9.67. The molecule has 1 aliphatic rings.